The molecule has 0 aliphatic heterocycles. The van der Waals surface area contributed by atoms with Gasteiger partial charge in [-0.15, -0.1) is 0 Å². The van der Waals surface area contributed by atoms with Crippen molar-refractivity contribution < 1.29 is 22.8 Å². The van der Waals surface area contributed by atoms with Gasteiger partial charge in [0.2, 0.25) is 6.86 Å². The van der Waals surface area contributed by atoms with Crippen LogP contribution in [0.3, 0.4) is 0 Å². The van der Waals surface area contributed by atoms with Crippen LogP contribution in [-0.4, -0.2) is 12.8 Å². The number of aryl methyl sites for hydroxylation is 1. The van der Waals surface area contributed by atoms with Crippen LogP contribution < -0.4 is 10.8 Å². The molecule has 8 heteroatoms. The number of anilines is 2. The van der Waals surface area contributed by atoms with Gasteiger partial charge in [0.15, 0.2) is 11.6 Å². The Bertz CT molecular complexity index is 741. The molecule has 23 heavy (non-hydrogen) atoms. The van der Waals surface area contributed by atoms with Crippen molar-refractivity contribution in [2.45, 2.75) is 6.92 Å². The lowest BCUT2D eigenvalue weighted by atomic mass is 10.1. The van der Waals surface area contributed by atoms with E-state index in [-0.39, 0.29) is 16.3 Å². The van der Waals surface area contributed by atoms with Gasteiger partial charge in [-0.2, -0.15) is 0 Å². The number of carbonyl (C=O) groups excluding carboxylic acids is 1. The third-order valence-electron chi connectivity index (χ3n) is 2.94. The van der Waals surface area contributed by atoms with Crippen LogP contribution in [0.15, 0.2) is 30.3 Å². The number of hydrogen-bond donors (Lipinski definition) is 2. The maximum atomic E-state index is 14.1. The highest BCUT2D eigenvalue weighted by molar-refractivity contribution is 6.33. The highest BCUT2D eigenvalue weighted by Crippen LogP contribution is 2.30. The SMILES string of the molecule is Cc1ccc(Nc2c(C(=O)NOCF)ccc(F)c2F)c(Cl)c1. The molecule has 0 atom stereocenters. The van der Waals surface area contributed by atoms with Gasteiger partial charge < -0.3 is 5.32 Å². The molecule has 1 amide bonds. The fourth-order valence-corrected chi connectivity index (χ4v) is 2.15. The van der Waals surface area contributed by atoms with Crippen LogP contribution in [0.2, 0.25) is 5.02 Å². The maximum absolute atomic E-state index is 14.1. The van der Waals surface area contributed by atoms with Crippen molar-refractivity contribution in [2.24, 2.45) is 0 Å². The van der Waals surface area contributed by atoms with E-state index in [2.05, 4.69) is 10.2 Å². The van der Waals surface area contributed by atoms with Gasteiger partial charge in [0.1, 0.15) is 0 Å². The zero-order valence-corrected chi connectivity index (χ0v) is 12.7. The van der Waals surface area contributed by atoms with Gasteiger partial charge in [-0.25, -0.2) is 23.5 Å². The van der Waals surface area contributed by atoms with Crippen LogP contribution in [0.25, 0.3) is 0 Å². The van der Waals surface area contributed by atoms with Gasteiger partial charge in [-0.1, -0.05) is 17.7 Å². The predicted molar refractivity (Wildman–Crippen MR) is 80.4 cm³/mol. The largest absolute Gasteiger partial charge is 0.351 e. The van der Waals surface area contributed by atoms with E-state index < -0.39 is 30.1 Å². The summed E-state index contributed by atoms with van der Waals surface area (Å²) in [5, 5.41) is 2.84. The van der Waals surface area contributed by atoms with E-state index in [1.165, 1.54) is 0 Å². The molecule has 2 aromatic carbocycles. The first-order valence-corrected chi connectivity index (χ1v) is 6.81. The number of halogens is 4. The van der Waals surface area contributed by atoms with Gasteiger partial charge >= 0.3 is 0 Å². The summed E-state index contributed by atoms with van der Waals surface area (Å²) in [5.74, 6) is -3.36. The maximum Gasteiger partial charge on any atom is 0.277 e. The highest BCUT2D eigenvalue weighted by Gasteiger charge is 2.20. The first-order valence-electron chi connectivity index (χ1n) is 6.43. The van der Waals surface area contributed by atoms with E-state index in [4.69, 9.17) is 11.6 Å². The normalized spacial score (nSPS) is 10.5. The van der Waals surface area contributed by atoms with Crippen LogP contribution in [0.5, 0.6) is 0 Å². The Morgan fingerprint density at radius 1 is 1.26 bits per heavy atom. The number of benzene rings is 2. The zero-order chi connectivity index (χ0) is 17.0. The molecule has 0 aromatic heterocycles. The summed E-state index contributed by atoms with van der Waals surface area (Å²) in [6, 6.07) is 6.70. The minimum Gasteiger partial charge on any atom is -0.351 e. The summed E-state index contributed by atoms with van der Waals surface area (Å²) in [6.45, 7) is 0.549. The molecule has 2 rings (SSSR count). The number of nitrogens with one attached hydrogen (secondary N) is 2. The van der Waals surface area contributed by atoms with Crippen molar-refractivity contribution in [1.82, 2.24) is 5.48 Å². The Labute approximate surface area is 135 Å². The van der Waals surface area contributed by atoms with Crippen LogP contribution in [-0.2, 0) is 4.84 Å². The second-order valence-corrected chi connectivity index (χ2v) is 4.98. The molecule has 0 spiro atoms. The predicted octanol–water partition coefficient (Wildman–Crippen LogP) is 4.26. The monoisotopic (exact) mass is 344 g/mol. The van der Waals surface area contributed by atoms with Gasteiger partial charge in [-0.3, -0.25) is 4.79 Å². The Morgan fingerprint density at radius 3 is 2.65 bits per heavy atom. The minimum absolute atomic E-state index is 0.264. The third-order valence-corrected chi connectivity index (χ3v) is 3.26. The molecule has 0 aliphatic carbocycles. The number of carbonyl (C=O) groups is 1. The molecule has 0 radical (unpaired) electrons. The van der Waals surface area contributed by atoms with E-state index in [9.17, 15) is 18.0 Å². The average molecular weight is 345 g/mol. The molecule has 2 N–H and O–H groups in total. The lowest BCUT2D eigenvalue weighted by Crippen LogP contribution is -2.24. The second-order valence-electron chi connectivity index (χ2n) is 4.58. The van der Waals surface area contributed by atoms with Crippen molar-refractivity contribution in [2.75, 3.05) is 12.2 Å². The minimum atomic E-state index is -1.27. The molecule has 0 unspecified atom stereocenters. The Balaban J connectivity index is 2.43. The third kappa shape index (κ3) is 3.94. The van der Waals surface area contributed by atoms with Crippen molar-refractivity contribution >= 4 is 28.9 Å². The molecule has 0 fully saturated rings. The van der Waals surface area contributed by atoms with Crippen LogP contribution in [0.1, 0.15) is 15.9 Å². The molecule has 0 saturated carbocycles. The molecular formula is C15H12ClF3N2O2. The van der Waals surface area contributed by atoms with E-state index in [0.29, 0.717) is 0 Å². The zero-order valence-electron chi connectivity index (χ0n) is 11.9. The summed E-state index contributed by atoms with van der Waals surface area (Å²) >= 11 is 6.03. The van der Waals surface area contributed by atoms with Gasteiger partial charge in [-0.05, 0) is 36.8 Å². The summed E-state index contributed by atoms with van der Waals surface area (Å²) in [7, 11) is 0. The number of amides is 1. The molecule has 4 nitrogen and oxygen atoms in total. The summed E-state index contributed by atoms with van der Waals surface area (Å²) in [6.07, 6.45) is 0. The molecule has 0 bridgehead atoms. The van der Waals surface area contributed by atoms with Gasteiger partial charge in [0.25, 0.3) is 5.91 Å². The standard InChI is InChI=1S/C15H12ClF3N2O2/c1-8-2-5-12(10(16)6-8)20-14-9(15(22)21-23-7-17)3-4-11(18)13(14)19/h2-6,20H,7H2,1H3,(H,21,22). The average Bonchev–Trinajstić information content (AvgIpc) is 2.52. The number of rotatable bonds is 5. The van der Waals surface area contributed by atoms with Crippen LogP contribution in [0, 0.1) is 18.6 Å². The fraction of sp³-hybridized carbons (Fsp3) is 0.133. The number of hydrogen-bond acceptors (Lipinski definition) is 3. The summed E-state index contributed by atoms with van der Waals surface area (Å²) < 4.78 is 39.5. The highest BCUT2D eigenvalue weighted by atomic mass is 35.5. The van der Waals surface area contributed by atoms with Crippen molar-refractivity contribution in [3.8, 4) is 0 Å². The molecule has 0 aliphatic rings. The van der Waals surface area contributed by atoms with Crippen LogP contribution in [0.4, 0.5) is 24.5 Å². The van der Waals surface area contributed by atoms with E-state index >= 15 is 0 Å². The molecule has 0 saturated heterocycles. The fourth-order valence-electron chi connectivity index (χ4n) is 1.87. The van der Waals surface area contributed by atoms with Gasteiger partial charge in [0, 0.05) is 0 Å². The number of hydroxylamine groups is 1. The Hall–Kier alpha value is -2.25. The summed E-state index contributed by atoms with van der Waals surface area (Å²) in [5.41, 5.74) is 2.22. The number of alkyl halides is 1. The molecule has 0 heterocycles. The van der Waals surface area contributed by atoms with E-state index in [1.54, 1.807) is 23.7 Å². The Morgan fingerprint density at radius 2 is 2.00 bits per heavy atom. The molecular weight excluding hydrogens is 333 g/mol. The van der Waals surface area contributed by atoms with Crippen molar-refractivity contribution in [3.05, 3.63) is 58.1 Å². The molecule has 122 valence electrons. The first kappa shape index (κ1) is 17.1. The quantitative estimate of drug-likeness (QED) is 0.797. The van der Waals surface area contributed by atoms with Gasteiger partial charge in [0.05, 0.1) is 22.0 Å². The lowest BCUT2D eigenvalue weighted by Gasteiger charge is -2.14. The second kappa shape index (κ2) is 7.34. The topological polar surface area (TPSA) is 50.4 Å². The molecule has 2 aromatic rings. The van der Waals surface area contributed by atoms with Crippen molar-refractivity contribution in [3.63, 3.8) is 0 Å². The van der Waals surface area contributed by atoms with E-state index in [0.717, 1.165) is 17.7 Å². The van der Waals surface area contributed by atoms with Crippen molar-refractivity contribution in [1.29, 1.82) is 0 Å². The van der Waals surface area contributed by atoms with Crippen LogP contribution >= 0.6 is 11.6 Å². The first-order chi connectivity index (χ1) is 10.9. The Kier molecular flexibility index (Phi) is 5.46. The smallest absolute Gasteiger partial charge is 0.277 e. The van der Waals surface area contributed by atoms with E-state index in [1.807, 2.05) is 6.92 Å². The summed E-state index contributed by atoms with van der Waals surface area (Å²) in [4.78, 5) is 16.0. The lowest BCUT2D eigenvalue weighted by molar-refractivity contribution is -0.00929.